The van der Waals surface area contributed by atoms with Crippen LogP contribution in [0.1, 0.15) is 22.8 Å². The van der Waals surface area contributed by atoms with Gasteiger partial charge in [0.15, 0.2) is 0 Å². The number of halogens is 1. The number of anilines is 1. The van der Waals surface area contributed by atoms with E-state index in [9.17, 15) is 9.59 Å². The summed E-state index contributed by atoms with van der Waals surface area (Å²) in [6.45, 7) is 3.20. The number of benzene rings is 2. The smallest absolute Gasteiger partial charge is 0.308 e. The molecular formula is C16H14BrNO3. The molecule has 0 radical (unpaired) electrons. The van der Waals surface area contributed by atoms with E-state index in [0.717, 1.165) is 10.0 Å². The summed E-state index contributed by atoms with van der Waals surface area (Å²) in [5.41, 5.74) is 1.96. The lowest BCUT2D eigenvalue weighted by molar-refractivity contribution is -0.131. The second-order valence-corrected chi connectivity index (χ2v) is 5.42. The van der Waals surface area contributed by atoms with Gasteiger partial charge in [-0.05, 0) is 42.8 Å². The van der Waals surface area contributed by atoms with Crippen molar-refractivity contribution < 1.29 is 14.3 Å². The van der Waals surface area contributed by atoms with Gasteiger partial charge in [-0.25, -0.2) is 0 Å². The van der Waals surface area contributed by atoms with Gasteiger partial charge in [0.2, 0.25) is 0 Å². The summed E-state index contributed by atoms with van der Waals surface area (Å²) < 4.78 is 5.99. The van der Waals surface area contributed by atoms with Crippen LogP contribution in [0.2, 0.25) is 0 Å². The quantitative estimate of drug-likeness (QED) is 0.675. The van der Waals surface area contributed by atoms with E-state index < -0.39 is 5.97 Å². The van der Waals surface area contributed by atoms with Crippen molar-refractivity contribution in [2.24, 2.45) is 0 Å². The Balaban J connectivity index is 2.26. The zero-order valence-corrected chi connectivity index (χ0v) is 13.2. The Labute approximate surface area is 131 Å². The number of aryl methyl sites for hydroxylation is 1. The molecule has 0 atom stereocenters. The first-order valence-electron chi connectivity index (χ1n) is 6.32. The van der Waals surface area contributed by atoms with Crippen molar-refractivity contribution in [1.82, 2.24) is 0 Å². The molecule has 108 valence electrons. The van der Waals surface area contributed by atoms with Gasteiger partial charge < -0.3 is 10.1 Å². The van der Waals surface area contributed by atoms with E-state index in [1.165, 1.54) is 6.92 Å². The van der Waals surface area contributed by atoms with Gasteiger partial charge in [-0.3, -0.25) is 9.59 Å². The van der Waals surface area contributed by atoms with Crippen LogP contribution < -0.4 is 10.1 Å². The minimum Gasteiger partial charge on any atom is -0.426 e. The molecule has 0 heterocycles. The number of nitrogens with one attached hydrogen (secondary N) is 1. The molecule has 21 heavy (non-hydrogen) atoms. The summed E-state index contributed by atoms with van der Waals surface area (Å²) in [7, 11) is 0. The van der Waals surface area contributed by atoms with Gasteiger partial charge in [-0.2, -0.15) is 0 Å². The molecule has 0 aromatic heterocycles. The highest BCUT2D eigenvalue weighted by atomic mass is 79.9. The van der Waals surface area contributed by atoms with Crippen LogP contribution in [0.15, 0.2) is 46.9 Å². The molecule has 0 unspecified atom stereocenters. The van der Waals surface area contributed by atoms with Crippen molar-refractivity contribution in [2.75, 3.05) is 5.32 Å². The monoisotopic (exact) mass is 347 g/mol. The first-order chi connectivity index (χ1) is 9.97. The van der Waals surface area contributed by atoms with Gasteiger partial charge in [0.05, 0.1) is 5.56 Å². The van der Waals surface area contributed by atoms with Gasteiger partial charge in [0.1, 0.15) is 5.75 Å². The van der Waals surface area contributed by atoms with Crippen molar-refractivity contribution in [3.8, 4) is 5.75 Å². The lowest BCUT2D eigenvalue weighted by atomic mass is 10.1. The van der Waals surface area contributed by atoms with Crippen molar-refractivity contribution in [1.29, 1.82) is 0 Å². The Morgan fingerprint density at radius 2 is 1.86 bits per heavy atom. The molecule has 2 aromatic rings. The van der Waals surface area contributed by atoms with Gasteiger partial charge in [0, 0.05) is 17.1 Å². The molecule has 5 heteroatoms. The number of carbonyl (C=O) groups is 2. The zero-order chi connectivity index (χ0) is 15.4. The van der Waals surface area contributed by atoms with Gasteiger partial charge in [-0.15, -0.1) is 0 Å². The van der Waals surface area contributed by atoms with Crippen LogP contribution in [0.25, 0.3) is 0 Å². The Kier molecular flexibility index (Phi) is 4.75. The third-order valence-electron chi connectivity index (χ3n) is 2.82. The van der Waals surface area contributed by atoms with Gasteiger partial charge in [-0.1, -0.05) is 28.1 Å². The molecule has 0 aliphatic carbocycles. The molecule has 0 saturated carbocycles. The fourth-order valence-corrected chi connectivity index (χ4v) is 2.33. The van der Waals surface area contributed by atoms with Gasteiger partial charge >= 0.3 is 5.97 Å². The summed E-state index contributed by atoms with van der Waals surface area (Å²) in [4.78, 5) is 23.4. The van der Waals surface area contributed by atoms with E-state index in [0.29, 0.717) is 11.3 Å². The SMILES string of the molecule is CC(=O)Oc1ccccc1C(=O)Nc1ccc(Br)cc1C. The third kappa shape index (κ3) is 3.92. The first kappa shape index (κ1) is 15.3. The highest BCUT2D eigenvalue weighted by Gasteiger charge is 2.14. The van der Waals surface area contributed by atoms with Crippen LogP contribution in [-0.4, -0.2) is 11.9 Å². The molecule has 2 rings (SSSR count). The summed E-state index contributed by atoms with van der Waals surface area (Å²) >= 11 is 3.38. The minimum atomic E-state index is -0.463. The van der Waals surface area contributed by atoms with E-state index in [2.05, 4.69) is 21.2 Å². The summed E-state index contributed by atoms with van der Waals surface area (Å²) in [5, 5.41) is 2.82. The molecule has 2 aromatic carbocycles. The average molecular weight is 348 g/mol. The highest BCUT2D eigenvalue weighted by Crippen LogP contribution is 2.23. The summed E-state index contributed by atoms with van der Waals surface area (Å²) in [5.74, 6) is -0.537. The Hall–Kier alpha value is -2.14. The highest BCUT2D eigenvalue weighted by molar-refractivity contribution is 9.10. The molecule has 0 bridgehead atoms. The lowest BCUT2D eigenvalue weighted by Gasteiger charge is -2.11. The number of para-hydroxylation sites is 1. The lowest BCUT2D eigenvalue weighted by Crippen LogP contribution is -2.15. The molecule has 1 N–H and O–H groups in total. The molecule has 0 spiro atoms. The predicted molar refractivity (Wildman–Crippen MR) is 84.6 cm³/mol. The van der Waals surface area contributed by atoms with E-state index >= 15 is 0 Å². The maximum Gasteiger partial charge on any atom is 0.308 e. The van der Waals surface area contributed by atoms with Crippen molar-refractivity contribution >= 4 is 33.5 Å². The second-order valence-electron chi connectivity index (χ2n) is 4.50. The average Bonchev–Trinajstić information content (AvgIpc) is 2.42. The Morgan fingerprint density at radius 1 is 1.14 bits per heavy atom. The van der Waals surface area contributed by atoms with Crippen LogP contribution in [-0.2, 0) is 4.79 Å². The standard InChI is InChI=1S/C16H14BrNO3/c1-10-9-12(17)7-8-14(10)18-16(20)13-5-3-4-6-15(13)21-11(2)19/h3-9H,1-2H3,(H,18,20). The third-order valence-corrected chi connectivity index (χ3v) is 3.32. The normalized spacial score (nSPS) is 10.0. The first-order valence-corrected chi connectivity index (χ1v) is 7.11. The maximum atomic E-state index is 12.3. The van der Waals surface area contributed by atoms with Crippen LogP contribution in [0.3, 0.4) is 0 Å². The molecule has 0 saturated heterocycles. The number of esters is 1. The van der Waals surface area contributed by atoms with E-state index in [1.54, 1.807) is 24.3 Å². The number of amides is 1. The van der Waals surface area contributed by atoms with E-state index in [-0.39, 0.29) is 11.7 Å². The Morgan fingerprint density at radius 3 is 2.52 bits per heavy atom. The Bertz CT molecular complexity index is 698. The van der Waals surface area contributed by atoms with Crippen molar-refractivity contribution in [2.45, 2.75) is 13.8 Å². The fourth-order valence-electron chi connectivity index (χ4n) is 1.86. The number of carbonyl (C=O) groups excluding carboxylic acids is 2. The summed E-state index contributed by atoms with van der Waals surface area (Å²) in [6, 6.07) is 12.2. The van der Waals surface area contributed by atoms with Crippen LogP contribution in [0, 0.1) is 6.92 Å². The topological polar surface area (TPSA) is 55.4 Å². The zero-order valence-electron chi connectivity index (χ0n) is 11.6. The molecule has 4 nitrogen and oxygen atoms in total. The molecule has 0 aliphatic heterocycles. The van der Waals surface area contributed by atoms with Gasteiger partial charge in [0.25, 0.3) is 5.91 Å². The molecular weight excluding hydrogens is 334 g/mol. The number of hydrogen-bond acceptors (Lipinski definition) is 3. The van der Waals surface area contributed by atoms with Crippen LogP contribution in [0.4, 0.5) is 5.69 Å². The number of rotatable bonds is 3. The second kappa shape index (κ2) is 6.54. The molecule has 0 aliphatic rings. The minimum absolute atomic E-state index is 0.247. The number of ether oxygens (including phenoxy) is 1. The largest absolute Gasteiger partial charge is 0.426 e. The van der Waals surface area contributed by atoms with E-state index in [4.69, 9.17) is 4.74 Å². The van der Waals surface area contributed by atoms with Crippen molar-refractivity contribution in [3.63, 3.8) is 0 Å². The maximum absolute atomic E-state index is 12.3. The van der Waals surface area contributed by atoms with Crippen LogP contribution in [0.5, 0.6) is 5.75 Å². The van der Waals surface area contributed by atoms with Crippen molar-refractivity contribution in [3.05, 3.63) is 58.1 Å². The predicted octanol–water partition coefficient (Wildman–Crippen LogP) is 3.94. The summed E-state index contributed by atoms with van der Waals surface area (Å²) in [6.07, 6.45) is 0. The van der Waals surface area contributed by atoms with Crippen LogP contribution >= 0.6 is 15.9 Å². The fraction of sp³-hybridized carbons (Fsp3) is 0.125. The molecule has 1 amide bonds. The number of hydrogen-bond donors (Lipinski definition) is 1. The molecule has 0 fully saturated rings. The van der Waals surface area contributed by atoms with E-state index in [1.807, 2.05) is 25.1 Å².